The third kappa shape index (κ3) is 2.29. The number of pyridine rings is 1. The summed E-state index contributed by atoms with van der Waals surface area (Å²) >= 11 is 3.18. The molecule has 0 saturated heterocycles. The molecule has 1 aromatic heterocycles. The van der Waals surface area contributed by atoms with Crippen molar-refractivity contribution >= 4 is 27.5 Å². The zero-order chi connectivity index (χ0) is 15.1. The van der Waals surface area contributed by atoms with Gasteiger partial charge in [0.1, 0.15) is 5.69 Å². The molecule has 1 aliphatic rings. The van der Waals surface area contributed by atoms with Crippen LogP contribution < -0.4 is 0 Å². The van der Waals surface area contributed by atoms with Crippen LogP contribution in [0.25, 0.3) is 11.3 Å². The Morgan fingerprint density at radius 1 is 1.38 bits per heavy atom. The molecule has 1 aromatic carbocycles. The molecule has 1 amide bonds. The molecule has 2 heterocycles. The van der Waals surface area contributed by atoms with Crippen molar-refractivity contribution in [2.75, 3.05) is 7.05 Å². The minimum atomic E-state index is -0.478. The summed E-state index contributed by atoms with van der Waals surface area (Å²) in [4.78, 5) is 28.4. The van der Waals surface area contributed by atoms with Gasteiger partial charge in [-0.25, -0.2) is 4.98 Å². The van der Waals surface area contributed by atoms with E-state index in [1.54, 1.807) is 24.1 Å². The number of hydrogen-bond donors (Lipinski definition) is 0. The Bertz CT molecular complexity index is 776. The van der Waals surface area contributed by atoms with Gasteiger partial charge in [-0.1, -0.05) is 12.1 Å². The minimum absolute atomic E-state index is 0.0772. The summed E-state index contributed by atoms with van der Waals surface area (Å²) in [7, 11) is 1.72. The van der Waals surface area contributed by atoms with Gasteiger partial charge in [0.15, 0.2) is 0 Å². The largest absolute Gasteiger partial charge is 0.337 e. The summed E-state index contributed by atoms with van der Waals surface area (Å²) in [5, 5.41) is 11.2. The summed E-state index contributed by atoms with van der Waals surface area (Å²) in [6.07, 6.45) is 1.50. The van der Waals surface area contributed by atoms with Crippen molar-refractivity contribution < 1.29 is 9.72 Å². The number of nitro groups is 1. The second-order valence-corrected chi connectivity index (χ2v) is 5.73. The standard InChI is InChI=1S/C14H10BrN3O3/c1-17-7-9-3-2-8(4-11(9)14(17)19)13-12(18(20)21)5-10(15)6-16-13/h2-6H,7H2,1H3. The quantitative estimate of drug-likeness (QED) is 0.618. The Labute approximate surface area is 128 Å². The normalized spacial score (nSPS) is 13.4. The number of carbonyl (C=O) groups is 1. The fraction of sp³-hybridized carbons (Fsp3) is 0.143. The van der Waals surface area contributed by atoms with Crippen molar-refractivity contribution in [2.24, 2.45) is 0 Å². The van der Waals surface area contributed by atoms with Crippen LogP contribution >= 0.6 is 15.9 Å². The zero-order valence-corrected chi connectivity index (χ0v) is 12.6. The second-order valence-electron chi connectivity index (χ2n) is 4.81. The van der Waals surface area contributed by atoms with Gasteiger partial charge >= 0.3 is 0 Å². The van der Waals surface area contributed by atoms with Gasteiger partial charge in [-0.15, -0.1) is 0 Å². The fourth-order valence-corrected chi connectivity index (χ4v) is 2.70. The lowest BCUT2D eigenvalue weighted by Gasteiger charge is -2.05. The van der Waals surface area contributed by atoms with E-state index in [0.29, 0.717) is 22.1 Å². The zero-order valence-electron chi connectivity index (χ0n) is 11.0. The lowest BCUT2D eigenvalue weighted by atomic mass is 10.0. The Hall–Kier alpha value is -2.28. The van der Waals surface area contributed by atoms with Crippen molar-refractivity contribution in [3.05, 3.63) is 56.2 Å². The van der Waals surface area contributed by atoms with E-state index in [-0.39, 0.29) is 17.3 Å². The number of benzene rings is 1. The van der Waals surface area contributed by atoms with Crippen LogP contribution in [0.5, 0.6) is 0 Å². The van der Waals surface area contributed by atoms with E-state index in [1.165, 1.54) is 12.3 Å². The number of aromatic nitrogens is 1. The first-order valence-electron chi connectivity index (χ1n) is 6.16. The molecule has 0 aliphatic carbocycles. The molecule has 2 aromatic rings. The van der Waals surface area contributed by atoms with Crippen LogP contribution in [0.1, 0.15) is 15.9 Å². The summed E-state index contributed by atoms with van der Waals surface area (Å²) in [5.41, 5.74) is 2.23. The van der Waals surface area contributed by atoms with E-state index in [0.717, 1.165) is 5.56 Å². The average molecular weight is 348 g/mol. The van der Waals surface area contributed by atoms with Crippen LogP contribution in [0.2, 0.25) is 0 Å². The molecular formula is C14H10BrN3O3. The van der Waals surface area contributed by atoms with E-state index >= 15 is 0 Å². The first-order chi connectivity index (χ1) is 9.97. The summed E-state index contributed by atoms with van der Waals surface area (Å²) in [5.74, 6) is -0.0772. The molecule has 0 radical (unpaired) electrons. The van der Waals surface area contributed by atoms with Gasteiger partial charge in [-0.05, 0) is 27.6 Å². The van der Waals surface area contributed by atoms with Crippen molar-refractivity contribution in [1.82, 2.24) is 9.88 Å². The number of amides is 1. The first-order valence-corrected chi connectivity index (χ1v) is 6.95. The molecule has 21 heavy (non-hydrogen) atoms. The lowest BCUT2D eigenvalue weighted by molar-refractivity contribution is -0.384. The van der Waals surface area contributed by atoms with E-state index in [1.807, 2.05) is 6.07 Å². The molecule has 0 N–H and O–H groups in total. The predicted octanol–water partition coefficient (Wildman–Crippen LogP) is 3.00. The highest BCUT2D eigenvalue weighted by Crippen LogP contribution is 2.33. The molecule has 0 bridgehead atoms. The van der Waals surface area contributed by atoms with Crippen molar-refractivity contribution in [1.29, 1.82) is 0 Å². The van der Waals surface area contributed by atoms with Crippen molar-refractivity contribution in [2.45, 2.75) is 6.54 Å². The third-order valence-corrected chi connectivity index (χ3v) is 3.83. The van der Waals surface area contributed by atoms with E-state index in [9.17, 15) is 14.9 Å². The predicted molar refractivity (Wildman–Crippen MR) is 79.8 cm³/mol. The molecule has 0 unspecified atom stereocenters. The lowest BCUT2D eigenvalue weighted by Crippen LogP contribution is -2.17. The SMILES string of the molecule is CN1Cc2ccc(-c3ncc(Br)cc3[N+](=O)[O-])cc2C1=O. The molecule has 7 heteroatoms. The molecule has 0 saturated carbocycles. The van der Waals surface area contributed by atoms with Crippen LogP contribution in [0, 0.1) is 10.1 Å². The Morgan fingerprint density at radius 3 is 2.86 bits per heavy atom. The van der Waals surface area contributed by atoms with E-state index in [4.69, 9.17) is 0 Å². The molecule has 106 valence electrons. The maximum atomic E-state index is 12.0. The molecule has 0 atom stereocenters. The number of halogens is 1. The molecule has 1 aliphatic heterocycles. The molecule has 0 spiro atoms. The Kier molecular flexibility index (Phi) is 3.21. The number of nitrogens with zero attached hydrogens (tertiary/aromatic N) is 3. The van der Waals surface area contributed by atoms with E-state index < -0.39 is 4.92 Å². The number of hydrogen-bond acceptors (Lipinski definition) is 4. The maximum absolute atomic E-state index is 12.0. The van der Waals surface area contributed by atoms with Crippen LogP contribution in [0.4, 0.5) is 5.69 Å². The van der Waals surface area contributed by atoms with Crippen LogP contribution in [0.3, 0.4) is 0 Å². The van der Waals surface area contributed by atoms with Gasteiger partial charge in [-0.2, -0.15) is 0 Å². The Balaban J connectivity index is 2.15. The van der Waals surface area contributed by atoms with Crippen LogP contribution in [0.15, 0.2) is 34.9 Å². The molecule has 0 fully saturated rings. The molecule has 6 nitrogen and oxygen atoms in total. The molecule has 3 rings (SSSR count). The number of fused-ring (bicyclic) bond motifs is 1. The fourth-order valence-electron chi connectivity index (χ4n) is 2.38. The third-order valence-electron chi connectivity index (χ3n) is 3.40. The highest BCUT2D eigenvalue weighted by molar-refractivity contribution is 9.10. The highest BCUT2D eigenvalue weighted by Gasteiger charge is 2.26. The topological polar surface area (TPSA) is 76.3 Å². The van der Waals surface area contributed by atoms with Crippen molar-refractivity contribution in [3.8, 4) is 11.3 Å². The summed E-state index contributed by atoms with van der Waals surface area (Å²) < 4.78 is 0.537. The van der Waals surface area contributed by atoms with Gasteiger partial charge < -0.3 is 4.90 Å². The van der Waals surface area contributed by atoms with Gasteiger partial charge in [0.2, 0.25) is 0 Å². The van der Waals surface area contributed by atoms with Gasteiger partial charge in [0.05, 0.1) is 4.92 Å². The van der Waals surface area contributed by atoms with Gasteiger partial charge in [-0.3, -0.25) is 14.9 Å². The average Bonchev–Trinajstić information content (AvgIpc) is 2.74. The number of carbonyl (C=O) groups excluding carboxylic acids is 1. The summed E-state index contributed by atoms with van der Waals surface area (Å²) in [6.45, 7) is 0.560. The van der Waals surface area contributed by atoms with E-state index in [2.05, 4.69) is 20.9 Å². The molecular weight excluding hydrogens is 338 g/mol. The second kappa shape index (κ2) is 4.92. The van der Waals surface area contributed by atoms with Crippen molar-refractivity contribution in [3.63, 3.8) is 0 Å². The van der Waals surface area contributed by atoms with Crippen LogP contribution in [-0.4, -0.2) is 27.8 Å². The monoisotopic (exact) mass is 347 g/mol. The minimum Gasteiger partial charge on any atom is -0.337 e. The van der Waals surface area contributed by atoms with Crippen LogP contribution in [-0.2, 0) is 6.54 Å². The highest BCUT2D eigenvalue weighted by atomic mass is 79.9. The van der Waals surface area contributed by atoms with Gasteiger partial charge in [0, 0.05) is 41.5 Å². The maximum Gasteiger partial charge on any atom is 0.296 e. The smallest absolute Gasteiger partial charge is 0.296 e. The number of rotatable bonds is 2. The summed E-state index contributed by atoms with van der Waals surface area (Å²) in [6, 6.07) is 6.65. The Morgan fingerprint density at radius 2 is 2.14 bits per heavy atom. The first kappa shape index (κ1) is 13.7. The van der Waals surface area contributed by atoms with Gasteiger partial charge in [0.25, 0.3) is 11.6 Å².